The van der Waals surface area contributed by atoms with Crippen LogP contribution in [0.25, 0.3) is 67.3 Å². The van der Waals surface area contributed by atoms with Crippen molar-refractivity contribution >= 4 is 17.1 Å². The van der Waals surface area contributed by atoms with Crippen LogP contribution < -0.4 is 9.64 Å². The van der Waals surface area contributed by atoms with E-state index in [0.29, 0.717) is 0 Å². The van der Waals surface area contributed by atoms with Crippen molar-refractivity contribution in [2.45, 2.75) is 105 Å². The van der Waals surface area contributed by atoms with Crippen molar-refractivity contribution in [3.63, 3.8) is 0 Å². The van der Waals surface area contributed by atoms with Crippen molar-refractivity contribution in [3.8, 4) is 78.8 Å². The molecule has 360 valence electrons. The van der Waals surface area contributed by atoms with Crippen molar-refractivity contribution in [1.29, 1.82) is 0 Å². The molecule has 9 aromatic rings. The Balaban J connectivity index is 1.19. The van der Waals surface area contributed by atoms with Crippen LogP contribution in [0.4, 0.5) is 17.1 Å². The van der Waals surface area contributed by atoms with Gasteiger partial charge in [0.1, 0.15) is 0 Å². The smallest absolute Gasteiger partial charge is 0.151 e. The fourth-order valence-electron chi connectivity index (χ4n) is 9.20. The average molecular weight is 948 g/mol. The maximum atomic E-state index is 6.54. The highest BCUT2D eigenvalue weighted by Crippen LogP contribution is 2.51. The fourth-order valence-corrected chi connectivity index (χ4v) is 9.20. The minimum atomic E-state index is 0.778. The number of unbranched alkanes of at least 4 members (excludes halogenated alkanes) is 4. The predicted octanol–water partition coefficient (Wildman–Crippen LogP) is 15.8. The van der Waals surface area contributed by atoms with E-state index in [1.807, 2.05) is 73.8 Å². The number of aromatic nitrogens is 8. The van der Waals surface area contributed by atoms with Crippen molar-refractivity contribution < 1.29 is 4.74 Å². The Morgan fingerprint density at radius 2 is 0.625 bits per heavy atom. The van der Waals surface area contributed by atoms with Gasteiger partial charge in [0.15, 0.2) is 11.5 Å². The summed E-state index contributed by atoms with van der Waals surface area (Å²) >= 11 is 0. The fraction of sp³-hybridized carbons (Fsp3) is 0.258. The molecule has 0 unspecified atom stereocenters. The van der Waals surface area contributed by atoms with Crippen LogP contribution in [0.1, 0.15) is 102 Å². The first kappa shape index (κ1) is 47.7. The molecule has 0 fully saturated rings. The van der Waals surface area contributed by atoms with Gasteiger partial charge < -0.3 is 9.64 Å². The monoisotopic (exact) mass is 947 g/mol. The van der Waals surface area contributed by atoms with E-state index in [1.54, 1.807) is 0 Å². The number of para-hydroxylation sites is 4. The molecule has 0 aliphatic carbocycles. The summed E-state index contributed by atoms with van der Waals surface area (Å²) in [4.78, 5) is 41.8. The van der Waals surface area contributed by atoms with Gasteiger partial charge in [-0.1, -0.05) is 77.6 Å². The zero-order chi connectivity index (χ0) is 49.2. The molecule has 0 bridgehead atoms. The van der Waals surface area contributed by atoms with Crippen molar-refractivity contribution in [1.82, 2.24) is 39.9 Å². The second kappa shape index (κ2) is 22.4. The third kappa shape index (κ3) is 10.8. The van der Waals surface area contributed by atoms with Crippen molar-refractivity contribution in [2.75, 3.05) is 4.90 Å². The SMILES string of the molecule is CCCCc1cnc(-c2cc(-c3cc(-c4cc(-c5cnc(CCCC)cn5)cc(-c5cnc(CCCC)cn5)c4)cc(N4c5ccccc5Oc5ccccc54)c3)cc(-c3cnc(CCCC)cn3)c2)cn1. The number of benzene rings is 5. The zero-order valence-electron chi connectivity index (χ0n) is 41.9. The molecule has 1 aliphatic heterocycles. The Morgan fingerprint density at radius 3 is 0.931 bits per heavy atom. The second-order valence-corrected chi connectivity index (χ2v) is 18.7. The Kier molecular flexibility index (Phi) is 14.8. The highest BCUT2D eigenvalue weighted by molar-refractivity contribution is 5.92. The number of rotatable bonds is 19. The number of nitrogens with zero attached hydrogens (tertiary/aromatic N) is 9. The highest BCUT2D eigenvalue weighted by Gasteiger charge is 2.27. The quantitative estimate of drug-likeness (QED) is 0.0776. The maximum Gasteiger partial charge on any atom is 0.151 e. The van der Waals surface area contributed by atoms with Gasteiger partial charge in [-0.2, -0.15) is 0 Å². The normalized spacial score (nSPS) is 11.8. The summed E-state index contributed by atoms with van der Waals surface area (Å²) in [6.07, 6.45) is 27.6. The van der Waals surface area contributed by atoms with Crippen LogP contribution in [-0.2, 0) is 25.7 Å². The summed E-state index contributed by atoms with van der Waals surface area (Å²) in [7, 11) is 0. The third-order valence-electron chi connectivity index (χ3n) is 13.3. The number of aryl methyl sites for hydroxylation is 4. The molecule has 0 spiro atoms. The summed E-state index contributed by atoms with van der Waals surface area (Å²) in [6.45, 7) is 8.79. The Labute approximate surface area is 423 Å². The van der Waals surface area contributed by atoms with Gasteiger partial charge in [-0.15, -0.1) is 0 Å². The zero-order valence-corrected chi connectivity index (χ0v) is 41.9. The van der Waals surface area contributed by atoms with Crippen LogP contribution in [0, 0.1) is 0 Å². The summed E-state index contributed by atoms with van der Waals surface area (Å²) < 4.78 is 6.54. The van der Waals surface area contributed by atoms with E-state index in [0.717, 1.165) is 196 Å². The van der Waals surface area contributed by atoms with Crippen molar-refractivity contribution in [2.24, 2.45) is 0 Å². The molecule has 1 aliphatic rings. The Bertz CT molecular complexity index is 2910. The minimum absolute atomic E-state index is 0.778. The van der Waals surface area contributed by atoms with Gasteiger partial charge in [-0.05, 0) is 152 Å². The molecule has 0 amide bonds. The van der Waals surface area contributed by atoms with Gasteiger partial charge in [-0.3, -0.25) is 39.9 Å². The van der Waals surface area contributed by atoms with Gasteiger partial charge in [0.25, 0.3) is 0 Å². The van der Waals surface area contributed by atoms with Crippen LogP contribution in [-0.4, -0.2) is 39.9 Å². The number of hydrogen-bond donors (Lipinski definition) is 0. The van der Waals surface area contributed by atoms with Gasteiger partial charge in [-0.25, -0.2) is 0 Å². The molecule has 5 heterocycles. The summed E-state index contributed by atoms with van der Waals surface area (Å²) in [5.41, 5.74) is 17.7. The highest BCUT2D eigenvalue weighted by atomic mass is 16.5. The lowest BCUT2D eigenvalue weighted by Gasteiger charge is -2.33. The standard InChI is InChI=1S/C62H61N9O/c1-5-9-17-50-34-67-55(38-63-50)46-26-42(27-47(30-46)56-39-64-51(35-68-56)18-10-6-2)44-25-45(33-54(32-44)71-59-21-13-15-23-61(59)72-62-24-16-14-22-60(62)71)43-28-48(57-40-65-52(36-69-57)19-11-7-3)31-49(29-43)58-41-66-53(37-70-58)20-12-8-4/h13-16,21-41H,5-12,17-20H2,1-4H3. The molecule has 10 heteroatoms. The van der Waals surface area contributed by atoms with E-state index in [-0.39, 0.29) is 0 Å². The molecular formula is C62H61N9O. The second-order valence-electron chi connectivity index (χ2n) is 18.7. The van der Waals surface area contributed by atoms with E-state index < -0.39 is 0 Å². The molecule has 10 rings (SSSR count). The summed E-state index contributed by atoms with van der Waals surface area (Å²) in [6, 6.07) is 36.5. The first-order valence-electron chi connectivity index (χ1n) is 25.8. The van der Waals surface area contributed by atoms with E-state index in [1.165, 1.54) is 0 Å². The van der Waals surface area contributed by atoms with E-state index in [4.69, 9.17) is 44.6 Å². The lowest BCUT2D eigenvalue weighted by Crippen LogP contribution is -2.15. The molecule has 10 nitrogen and oxygen atoms in total. The Hall–Kier alpha value is -7.98. The van der Waals surface area contributed by atoms with Crippen LogP contribution in [0.15, 0.2) is 153 Å². The first-order valence-corrected chi connectivity index (χ1v) is 25.8. The molecule has 0 N–H and O–H groups in total. The largest absolute Gasteiger partial charge is 0.453 e. The Morgan fingerprint density at radius 1 is 0.333 bits per heavy atom. The molecule has 0 saturated heterocycles. The molecule has 72 heavy (non-hydrogen) atoms. The van der Waals surface area contributed by atoms with Crippen LogP contribution in [0.5, 0.6) is 11.5 Å². The van der Waals surface area contributed by atoms with Gasteiger partial charge in [0.05, 0.1) is 81.7 Å². The molecule has 0 atom stereocenters. The van der Waals surface area contributed by atoms with E-state index >= 15 is 0 Å². The predicted molar refractivity (Wildman–Crippen MR) is 291 cm³/mol. The van der Waals surface area contributed by atoms with Crippen LogP contribution in [0.2, 0.25) is 0 Å². The molecular weight excluding hydrogens is 887 g/mol. The van der Waals surface area contributed by atoms with Gasteiger partial charge in [0.2, 0.25) is 0 Å². The molecule has 0 radical (unpaired) electrons. The maximum absolute atomic E-state index is 6.54. The van der Waals surface area contributed by atoms with E-state index in [2.05, 4.69) is 111 Å². The molecule has 0 saturated carbocycles. The van der Waals surface area contributed by atoms with Gasteiger partial charge >= 0.3 is 0 Å². The lowest BCUT2D eigenvalue weighted by molar-refractivity contribution is 0.477. The van der Waals surface area contributed by atoms with Crippen LogP contribution >= 0.6 is 0 Å². The number of anilines is 3. The topological polar surface area (TPSA) is 116 Å². The minimum Gasteiger partial charge on any atom is -0.453 e. The number of fused-ring (bicyclic) bond motifs is 2. The van der Waals surface area contributed by atoms with E-state index in [9.17, 15) is 0 Å². The average Bonchev–Trinajstić information content (AvgIpc) is 3.44. The third-order valence-corrected chi connectivity index (χ3v) is 13.3. The molecule has 5 aromatic carbocycles. The molecule has 4 aromatic heterocycles. The van der Waals surface area contributed by atoms with Gasteiger partial charge in [0, 0.05) is 52.7 Å². The summed E-state index contributed by atoms with van der Waals surface area (Å²) in [5.74, 6) is 1.56. The number of hydrogen-bond acceptors (Lipinski definition) is 10. The van der Waals surface area contributed by atoms with Crippen molar-refractivity contribution in [3.05, 3.63) is 175 Å². The number of ether oxygens (including phenoxy) is 1. The lowest BCUT2D eigenvalue weighted by atomic mass is 9.92. The first-order chi connectivity index (χ1) is 35.5. The van der Waals surface area contributed by atoms with Crippen LogP contribution in [0.3, 0.4) is 0 Å². The summed E-state index contributed by atoms with van der Waals surface area (Å²) in [5, 5.41) is 0.